The lowest BCUT2D eigenvalue weighted by atomic mass is 10.1. The Morgan fingerprint density at radius 1 is 1.44 bits per heavy atom. The van der Waals surface area contributed by atoms with Crippen LogP contribution in [-0.2, 0) is 10.0 Å². The number of hydrogen-bond donors (Lipinski definition) is 1. The zero-order valence-electron chi connectivity index (χ0n) is 8.34. The number of rotatable bonds is 5. The highest BCUT2D eigenvalue weighted by Gasteiger charge is 2.29. The van der Waals surface area contributed by atoms with Gasteiger partial charge >= 0.3 is 0 Å². The maximum Gasteiger partial charge on any atom is 0.250 e. The molecule has 0 aliphatic heterocycles. The van der Waals surface area contributed by atoms with Crippen molar-refractivity contribution in [2.24, 2.45) is 0 Å². The maximum atomic E-state index is 12.0. The van der Waals surface area contributed by atoms with Gasteiger partial charge in [0.2, 0.25) is 0 Å². The molecular formula is C8H10Br2ClNO2S2. The fourth-order valence-electron chi connectivity index (χ4n) is 0.907. The van der Waals surface area contributed by atoms with Crippen molar-refractivity contribution in [3.05, 3.63) is 16.5 Å². The molecule has 16 heavy (non-hydrogen) atoms. The Kier molecular flexibility index (Phi) is 5.28. The van der Waals surface area contributed by atoms with Gasteiger partial charge in [-0.25, -0.2) is 13.1 Å². The molecule has 0 bridgehead atoms. The number of nitrogens with one attached hydrogen (secondary N) is 1. The van der Waals surface area contributed by atoms with E-state index < -0.39 is 15.6 Å². The van der Waals surface area contributed by atoms with Crippen molar-refractivity contribution in [1.29, 1.82) is 0 Å². The van der Waals surface area contributed by atoms with Crippen LogP contribution < -0.4 is 4.72 Å². The molecular weight excluding hydrogens is 401 g/mol. The molecule has 0 saturated heterocycles. The van der Waals surface area contributed by atoms with Gasteiger partial charge in [0.05, 0.1) is 4.34 Å². The van der Waals surface area contributed by atoms with Gasteiger partial charge in [0.25, 0.3) is 10.0 Å². The lowest BCUT2D eigenvalue weighted by molar-refractivity contribution is 0.510. The van der Waals surface area contributed by atoms with Gasteiger partial charge in [-0.2, -0.15) is 0 Å². The van der Waals surface area contributed by atoms with Gasteiger partial charge in [-0.15, -0.1) is 11.3 Å². The Morgan fingerprint density at radius 2 is 2.00 bits per heavy atom. The SMILES string of the molecule is CC(CBr)(CBr)NS(=O)(=O)c1ccc(Cl)s1. The fraction of sp³-hybridized carbons (Fsp3) is 0.500. The molecule has 92 valence electrons. The van der Waals surface area contributed by atoms with Gasteiger partial charge in [0, 0.05) is 16.2 Å². The molecule has 0 unspecified atom stereocenters. The van der Waals surface area contributed by atoms with Crippen molar-refractivity contribution in [3.63, 3.8) is 0 Å². The molecule has 0 aromatic carbocycles. The molecule has 0 spiro atoms. The quantitative estimate of drug-likeness (QED) is 0.756. The maximum absolute atomic E-state index is 12.0. The highest BCUT2D eigenvalue weighted by atomic mass is 79.9. The molecule has 0 amide bonds. The molecule has 0 aliphatic carbocycles. The molecule has 1 rings (SSSR count). The molecule has 1 aromatic heterocycles. The topological polar surface area (TPSA) is 46.2 Å². The van der Waals surface area contributed by atoms with E-state index in [9.17, 15) is 8.42 Å². The van der Waals surface area contributed by atoms with Crippen LogP contribution in [0.2, 0.25) is 4.34 Å². The molecule has 8 heteroatoms. The second-order valence-corrected chi connectivity index (χ2v) is 8.24. The van der Waals surface area contributed by atoms with Crippen molar-refractivity contribution in [2.75, 3.05) is 10.7 Å². The molecule has 1 aromatic rings. The lowest BCUT2D eigenvalue weighted by Crippen LogP contribution is -2.48. The van der Waals surface area contributed by atoms with Crippen LogP contribution in [0.1, 0.15) is 6.92 Å². The number of alkyl halides is 2. The third-order valence-corrected chi connectivity index (χ3v) is 7.62. The molecule has 0 aliphatic rings. The summed E-state index contributed by atoms with van der Waals surface area (Å²) in [6.45, 7) is 1.81. The zero-order chi connectivity index (χ0) is 12.4. The molecule has 0 radical (unpaired) electrons. The molecule has 3 nitrogen and oxygen atoms in total. The Bertz CT molecular complexity index is 456. The Labute approximate surface area is 121 Å². The number of sulfonamides is 1. The van der Waals surface area contributed by atoms with Crippen LogP contribution in [0, 0.1) is 0 Å². The number of thiophene rings is 1. The monoisotopic (exact) mass is 409 g/mol. The van der Waals surface area contributed by atoms with Crippen LogP contribution in [0.15, 0.2) is 16.3 Å². The van der Waals surface area contributed by atoms with Gasteiger partial charge in [-0.05, 0) is 19.1 Å². The van der Waals surface area contributed by atoms with Crippen molar-refractivity contribution >= 4 is 64.8 Å². The molecule has 1 N–H and O–H groups in total. The van der Waals surface area contributed by atoms with E-state index >= 15 is 0 Å². The van der Waals surface area contributed by atoms with E-state index in [1.807, 2.05) is 6.92 Å². The fourth-order valence-corrected chi connectivity index (χ4v) is 5.38. The lowest BCUT2D eigenvalue weighted by Gasteiger charge is -2.25. The van der Waals surface area contributed by atoms with Crippen LogP contribution in [0.25, 0.3) is 0 Å². The first-order chi connectivity index (χ1) is 7.33. The average molecular weight is 412 g/mol. The second kappa shape index (κ2) is 5.67. The first-order valence-electron chi connectivity index (χ1n) is 4.24. The van der Waals surface area contributed by atoms with E-state index in [2.05, 4.69) is 36.6 Å². The van der Waals surface area contributed by atoms with Crippen LogP contribution in [0.3, 0.4) is 0 Å². The highest BCUT2D eigenvalue weighted by molar-refractivity contribution is 9.09. The number of hydrogen-bond acceptors (Lipinski definition) is 3. The summed E-state index contributed by atoms with van der Waals surface area (Å²) in [6.07, 6.45) is 0. The summed E-state index contributed by atoms with van der Waals surface area (Å²) in [4.78, 5) is 0. The minimum Gasteiger partial charge on any atom is -0.206 e. The first-order valence-corrected chi connectivity index (χ1v) is 9.16. The van der Waals surface area contributed by atoms with Gasteiger partial charge in [-0.3, -0.25) is 0 Å². The molecule has 0 fully saturated rings. The number of halogens is 3. The summed E-state index contributed by atoms with van der Waals surface area (Å²) in [5.74, 6) is 0. The van der Waals surface area contributed by atoms with Gasteiger partial charge in [-0.1, -0.05) is 43.5 Å². The molecule has 0 atom stereocenters. The van der Waals surface area contributed by atoms with Gasteiger partial charge in [0.1, 0.15) is 4.21 Å². The normalized spacial score (nSPS) is 13.0. The van der Waals surface area contributed by atoms with Crippen molar-refractivity contribution in [3.8, 4) is 0 Å². The van der Waals surface area contributed by atoms with Crippen LogP contribution in [0.5, 0.6) is 0 Å². The summed E-state index contributed by atoms with van der Waals surface area (Å²) in [7, 11) is -3.50. The van der Waals surface area contributed by atoms with Gasteiger partial charge in [0.15, 0.2) is 0 Å². The van der Waals surface area contributed by atoms with E-state index in [4.69, 9.17) is 11.6 Å². The first kappa shape index (κ1) is 14.9. The average Bonchev–Trinajstić information content (AvgIpc) is 2.65. The predicted molar refractivity (Wildman–Crippen MR) is 75.6 cm³/mol. The highest BCUT2D eigenvalue weighted by Crippen LogP contribution is 2.26. The van der Waals surface area contributed by atoms with Gasteiger partial charge < -0.3 is 0 Å². The van der Waals surface area contributed by atoms with Crippen molar-refractivity contribution in [1.82, 2.24) is 4.72 Å². The third kappa shape index (κ3) is 3.68. The van der Waals surface area contributed by atoms with E-state index in [1.165, 1.54) is 6.07 Å². The third-order valence-electron chi connectivity index (χ3n) is 1.78. The second-order valence-electron chi connectivity index (χ2n) is 3.49. The van der Waals surface area contributed by atoms with Crippen LogP contribution >= 0.6 is 54.8 Å². The zero-order valence-corrected chi connectivity index (χ0v) is 13.9. The van der Waals surface area contributed by atoms with Crippen molar-refractivity contribution in [2.45, 2.75) is 16.7 Å². The van der Waals surface area contributed by atoms with E-state index in [-0.39, 0.29) is 4.21 Å². The summed E-state index contributed by atoms with van der Waals surface area (Å²) in [6, 6.07) is 3.07. The summed E-state index contributed by atoms with van der Waals surface area (Å²) in [5.41, 5.74) is -0.560. The van der Waals surface area contributed by atoms with Crippen LogP contribution in [0.4, 0.5) is 0 Å². The Balaban J connectivity index is 2.96. The minimum absolute atomic E-state index is 0.227. The Morgan fingerprint density at radius 3 is 2.38 bits per heavy atom. The molecule has 0 saturated carbocycles. The standard InChI is InChI=1S/C8H10Br2ClNO2S2/c1-8(4-9,5-10)12-16(13,14)7-3-2-6(11)15-7/h2-3,12H,4-5H2,1H3. The van der Waals surface area contributed by atoms with Crippen molar-refractivity contribution < 1.29 is 8.42 Å². The van der Waals surface area contributed by atoms with E-state index in [1.54, 1.807) is 6.07 Å². The minimum atomic E-state index is -3.50. The predicted octanol–water partition coefficient (Wildman–Crippen LogP) is 3.23. The summed E-state index contributed by atoms with van der Waals surface area (Å²) < 4.78 is 27.3. The largest absolute Gasteiger partial charge is 0.250 e. The summed E-state index contributed by atoms with van der Waals surface area (Å²) >= 11 is 13.3. The summed E-state index contributed by atoms with van der Waals surface area (Å²) in [5, 5.41) is 1.03. The van der Waals surface area contributed by atoms with E-state index in [0.717, 1.165) is 11.3 Å². The Hall–Kier alpha value is 0.860. The molecule has 1 heterocycles. The van der Waals surface area contributed by atoms with E-state index in [0.29, 0.717) is 15.0 Å². The van der Waals surface area contributed by atoms with Crippen LogP contribution in [-0.4, -0.2) is 24.6 Å². The smallest absolute Gasteiger partial charge is 0.206 e.